The van der Waals surface area contributed by atoms with Crippen molar-refractivity contribution in [3.63, 3.8) is 0 Å². The number of hydrogen-bond donors (Lipinski definition) is 0. The Morgan fingerprint density at radius 1 is 0.867 bits per heavy atom. The van der Waals surface area contributed by atoms with E-state index in [4.69, 9.17) is 4.74 Å². The molecule has 0 aliphatic heterocycles. The molecule has 4 heteroatoms. The van der Waals surface area contributed by atoms with E-state index in [1.807, 2.05) is 24.3 Å². The van der Waals surface area contributed by atoms with E-state index in [0.717, 1.165) is 31.2 Å². The first-order valence-electron chi connectivity index (χ1n) is 11.7. The molecule has 0 aliphatic rings. The molecule has 0 spiro atoms. The van der Waals surface area contributed by atoms with Gasteiger partial charge in [0.1, 0.15) is 5.75 Å². The van der Waals surface area contributed by atoms with Crippen molar-refractivity contribution in [3.8, 4) is 5.75 Å². The molecule has 0 saturated carbocycles. The maximum atomic E-state index is 12.3. The summed E-state index contributed by atoms with van der Waals surface area (Å²) in [4.78, 5) is 20.7. The maximum absolute atomic E-state index is 12.3. The number of esters is 1. The van der Waals surface area contributed by atoms with Gasteiger partial charge in [-0.1, -0.05) is 84.3 Å². The highest BCUT2D eigenvalue weighted by atomic mass is 16.5. The Hall–Kier alpha value is -2.23. The summed E-state index contributed by atoms with van der Waals surface area (Å²) in [5, 5.41) is 0. The fourth-order valence-corrected chi connectivity index (χ4v) is 3.45. The Labute approximate surface area is 182 Å². The Bertz CT molecular complexity index is 726. The normalized spacial score (nSPS) is 12.0. The minimum absolute atomic E-state index is 0.110. The van der Waals surface area contributed by atoms with Crippen molar-refractivity contribution in [1.82, 2.24) is 9.97 Å². The third-order valence-electron chi connectivity index (χ3n) is 5.62. The Kier molecular flexibility index (Phi) is 11.1. The summed E-state index contributed by atoms with van der Waals surface area (Å²) in [5.74, 6) is 0.775. The summed E-state index contributed by atoms with van der Waals surface area (Å²) in [6.45, 7) is 6.68. The van der Waals surface area contributed by atoms with E-state index in [-0.39, 0.29) is 5.82 Å². The van der Waals surface area contributed by atoms with E-state index in [0.29, 0.717) is 11.7 Å². The Morgan fingerprint density at radius 3 is 2.07 bits per heavy atom. The van der Waals surface area contributed by atoms with Crippen LogP contribution in [0.15, 0.2) is 36.7 Å². The van der Waals surface area contributed by atoms with Crippen molar-refractivity contribution in [2.75, 3.05) is 0 Å². The standard InChI is InChI=1S/C26H38N2O2/c1-4-6-7-8-9-10-11-12-13-23-19-27-25(28-20-23)26(29)30-24-16-14-22(15-17-24)18-21(3)5-2/h14-17,19-21H,4-13,18H2,1-3H3/t21-/m0/s1. The molecule has 1 atom stereocenters. The van der Waals surface area contributed by atoms with Crippen LogP contribution in [0.4, 0.5) is 0 Å². The van der Waals surface area contributed by atoms with E-state index in [1.165, 1.54) is 50.5 Å². The number of aryl methyl sites for hydroxylation is 1. The van der Waals surface area contributed by atoms with Gasteiger partial charge in [-0.05, 0) is 48.4 Å². The lowest BCUT2D eigenvalue weighted by Gasteiger charge is -2.09. The van der Waals surface area contributed by atoms with Crippen LogP contribution in [0.25, 0.3) is 0 Å². The van der Waals surface area contributed by atoms with Gasteiger partial charge in [-0.15, -0.1) is 0 Å². The van der Waals surface area contributed by atoms with Crippen molar-refractivity contribution < 1.29 is 9.53 Å². The van der Waals surface area contributed by atoms with Crippen LogP contribution >= 0.6 is 0 Å². The molecular weight excluding hydrogens is 372 g/mol. The molecule has 0 radical (unpaired) electrons. The zero-order chi connectivity index (χ0) is 21.6. The van der Waals surface area contributed by atoms with Gasteiger partial charge in [-0.25, -0.2) is 14.8 Å². The average molecular weight is 411 g/mol. The van der Waals surface area contributed by atoms with Gasteiger partial charge in [0.05, 0.1) is 0 Å². The summed E-state index contributed by atoms with van der Waals surface area (Å²) >= 11 is 0. The number of aromatic nitrogens is 2. The SMILES string of the molecule is CCCCCCCCCCc1cnc(C(=O)Oc2ccc(C[C@@H](C)CC)cc2)nc1. The van der Waals surface area contributed by atoms with Crippen molar-refractivity contribution in [2.45, 2.75) is 91.4 Å². The molecule has 2 aromatic rings. The maximum Gasteiger partial charge on any atom is 0.381 e. The van der Waals surface area contributed by atoms with Gasteiger partial charge in [0.25, 0.3) is 0 Å². The van der Waals surface area contributed by atoms with Gasteiger partial charge in [0.2, 0.25) is 5.82 Å². The van der Waals surface area contributed by atoms with E-state index >= 15 is 0 Å². The highest BCUT2D eigenvalue weighted by Crippen LogP contribution is 2.17. The fourth-order valence-electron chi connectivity index (χ4n) is 3.45. The highest BCUT2D eigenvalue weighted by molar-refractivity contribution is 5.86. The molecule has 1 aromatic heterocycles. The van der Waals surface area contributed by atoms with Crippen LogP contribution in [0.2, 0.25) is 0 Å². The van der Waals surface area contributed by atoms with Crippen molar-refractivity contribution in [2.24, 2.45) is 5.92 Å². The summed E-state index contributed by atoms with van der Waals surface area (Å²) in [5.41, 5.74) is 2.33. The van der Waals surface area contributed by atoms with Crippen LogP contribution in [-0.2, 0) is 12.8 Å². The van der Waals surface area contributed by atoms with Gasteiger partial charge < -0.3 is 4.74 Å². The van der Waals surface area contributed by atoms with Crippen LogP contribution in [0.1, 0.15) is 100 Å². The van der Waals surface area contributed by atoms with Crippen molar-refractivity contribution in [3.05, 3.63) is 53.6 Å². The summed E-state index contributed by atoms with van der Waals surface area (Å²) in [7, 11) is 0. The smallest absolute Gasteiger partial charge is 0.381 e. The van der Waals surface area contributed by atoms with Crippen molar-refractivity contribution in [1.29, 1.82) is 0 Å². The van der Waals surface area contributed by atoms with E-state index in [2.05, 4.69) is 30.7 Å². The van der Waals surface area contributed by atoms with Crippen LogP contribution in [0.3, 0.4) is 0 Å². The van der Waals surface area contributed by atoms with Gasteiger partial charge in [0.15, 0.2) is 0 Å². The van der Waals surface area contributed by atoms with E-state index in [9.17, 15) is 4.79 Å². The van der Waals surface area contributed by atoms with Crippen molar-refractivity contribution >= 4 is 5.97 Å². The zero-order valence-electron chi connectivity index (χ0n) is 19.0. The molecule has 0 bridgehead atoms. The minimum atomic E-state index is -0.511. The number of ether oxygens (including phenoxy) is 1. The molecule has 0 unspecified atom stereocenters. The molecule has 0 aliphatic carbocycles. The summed E-state index contributed by atoms with van der Waals surface area (Å²) < 4.78 is 5.42. The number of benzene rings is 1. The average Bonchev–Trinajstić information content (AvgIpc) is 2.77. The first kappa shape index (κ1) is 24.0. The van der Waals surface area contributed by atoms with Crippen LogP contribution in [0.5, 0.6) is 5.75 Å². The second-order valence-electron chi connectivity index (χ2n) is 8.39. The lowest BCUT2D eigenvalue weighted by molar-refractivity contribution is 0.0721. The van der Waals surface area contributed by atoms with Gasteiger partial charge in [-0.2, -0.15) is 0 Å². The predicted octanol–water partition coefficient (Wildman–Crippen LogP) is 6.97. The van der Waals surface area contributed by atoms with Crippen LogP contribution < -0.4 is 4.74 Å². The van der Waals surface area contributed by atoms with E-state index in [1.54, 1.807) is 12.4 Å². The number of carbonyl (C=O) groups excluding carboxylic acids is 1. The number of hydrogen-bond acceptors (Lipinski definition) is 4. The Morgan fingerprint density at radius 2 is 1.47 bits per heavy atom. The molecule has 4 nitrogen and oxygen atoms in total. The number of unbranched alkanes of at least 4 members (excludes halogenated alkanes) is 7. The molecule has 0 saturated heterocycles. The molecule has 1 heterocycles. The molecule has 0 fully saturated rings. The molecule has 2 rings (SSSR count). The van der Waals surface area contributed by atoms with Gasteiger partial charge in [0, 0.05) is 12.4 Å². The second-order valence-corrected chi connectivity index (χ2v) is 8.39. The minimum Gasteiger partial charge on any atom is -0.421 e. The third-order valence-corrected chi connectivity index (χ3v) is 5.62. The van der Waals surface area contributed by atoms with Gasteiger partial charge >= 0.3 is 5.97 Å². The predicted molar refractivity (Wildman–Crippen MR) is 123 cm³/mol. The second kappa shape index (κ2) is 13.9. The molecule has 30 heavy (non-hydrogen) atoms. The molecular formula is C26H38N2O2. The fraction of sp³-hybridized carbons (Fsp3) is 0.577. The number of nitrogens with zero attached hydrogens (tertiary/aromatic N) is 2. The van der Waals surface area contributed by atoms with E-state index < -0.39 is 5.97 Å². The molecule has 164 valence electrons. The molecule has 1 aromatic carbocycles. The zero-order valence-corrected chi connectivity index (χ0v) is 19.0. The first-order chi connectivity index (χ1) is 14.6. The summed E-state index contributed by atoms with van der Waals surface area (Å²) in [6.07, 6.45) is 17.0. The van der Waals surface area contributed by atoms with Gasteiger partial charge in [-0.3, -0.25) is 0 Å². The first-order valence-corrected chi connectivity index (χ1v) is 11.7. The molecule has 0 amide bonds. The monoisotopic (exact) mass is 410 g/mol. The van der Waals surface area contributed by atoms with Crippen LogP contribution in [0, 0.1) is 5.92 Å². The molecule has 0 N–H and O–H groups in total. The highest BCUT2D eigenvalue weighted by Gasteiger charge is 2.12. The quantitative estimate of drug-likeness (QED) is 0.192. The lowest BCUT2D eigenvalue weighted by Crippen LogP contribution is -2.13. The number of rotatable bonds is 14. The lowest BCUT2D eigenvalue weighted by atomic mass is 9.99. The van der Waals surface area contributed by atoms with Crippen LogP contribution in [-0.4, -0.2) is 15.9 Å². The third kappa shape index (κ3) is 9.06. The summed E-state index contributed by atoms with van der Waals surface area (Å²) in [6, 6.07) is 7.71. The topological polar surface area (TPSA) is 52.1 Å². The largest absolute Gasteiger partial charge is 0.421 e. The Balaban J connectivity index is 1.71. The number of carbonyl (C=O) groups is 1.